The molecule has 2 heterocycles. The van der Waals surface area contributed by atoms with Gasteiger partial charge in [-0.25, -0.2) is 0 Å². The lowest BCUT2D eigenvalue weighted by Gasteiger charge is -2.35. The maximum Gasteiger partial charge on any atom is 0.227 e. The standard InChI is InChI=1S/C16H23N3O2/c1-17-8-10-18(11-9-17)14-12-13(5-6-15(14)21-2)19-7-3-4-16(19)20/h5-6,12H,3-4,7-11H2,1-2H3. The van der Waals surface area contributed by atoms with Gasteiger partial charge in [-0.3, -0.25) is 4.79 Å². The summed E-state index contributed by atoms with van der Waals surface area (Å²) in [6.45, 7) is 4.91. The lowest BCUT2D eigenvalue weighted by atomic mass is 10.2. The quantitative estimate of drug-likeness (QED) is 0.846. The zero-order valence-electron chi connectivity index (χ0n) is 12.8. The van der Waals surface area contributed by atoms with Crippen LogP contribution in [0.2, 0.25) is 0 Å². The number of piperazine rings is 1. The number of ether oxygens (including phenoxy) is 1. The van der Waals surface area contributed by atoms with Gasteiger partial charge >= 0.3 is 0 Å². The van der Waals surface area contributed by atoms with Gasteiger partial charge in [0.15, 0.2) is 0 Å². The van der Waals surface area contributed by atoms with E-state index in [1.54, 1.807) is 7.11 Å². The van der Waals surface area contributed by atoms with Crippen LogP contribution >= 0.6 is 0 Å². The van der Waals surface area contributed by atoms with Gasteiger partial charge in [0.1, 0.15) is 5.75 Å². The Bertz CT molecular complexity index is 524. The van der Waals surface area contributed by atoms with Crippen molar-refractivity contribution in [3.05, 3.63) is 18.2 Å². The summed E-state index contributed by atoms with van der Waals surface area (Å²) in [6, 6.07) is 6.07. The first-order valence-corrected chi connectivity index (χ1v) is 7.61. The van der Waals surface area contributed by atoms with Crippen molar-refractivity contribution in [1.29, 1.82) is 0 Å². The molecular formula is C16H23N3O2. The van der Waals surface area contributed by atoms with Gasteiger partial charge < -0.3 is 19.4 Å². The Balaban J connectivity index is 1.88. The lowest BCUT2D eigenvalue weighted by Crippen LogP contribution is -2.44. The van der Waals surface area contributed by atoms with Crippen molar-refractivity contribution >= 4 is 17.3 Å². The van der Waals surface area contributed by atoms with Crippen LogP contribution < -0.4 is 14.5 Å². The van der Waals surface area contributed by atoms with Crippen molar-refractivity contribution in [2.75, 3.05) is 56.7 Å². The highest BCUT2D eigenvalue weighted by atomic mass is 16.5. The van der Waals surface area contributed by atoms with Gasteiger partial charge in [-0.2, -0.15) is 0 Å². The molecule has 0 radical (unpaired) electrons. The Morgan fingerprint density at radius 2 is 1.86 bits per heavy atom. The number of anilines is 2. The number of hydrogen-bond donors (Lipinski definition) is 0. The molecule has 1 aromatic rings. The summed E-state index contributed by atoms with van der Waals surface area (Å²) in [6.07, 6.45) is 1.62. The molecule has 2 fully saturated rings. The molecule has 0 saturated carbocycles. The number of amides is 1. The third kappa shape index (κ3) is 2.83. The molecule has 2 saturated heterocycles. The first-order valence-electron chi connectivity index (χ1n) is 7.61. The Kier molecular flexibility index (Phi) is 4.01. The highest BCUT2D eigenvalue weighted by Crippen LogP contribution is 2.34. The van der Waals surface area contributed by atoms with Crippen LogP contribution in [0.25, 0.3) is 0 Å². The summed E-state index contributed by atoms with van der Waals surface area (Å²) < 4.78 is 5.51. The summed E-state index contributed by atoms with van der Waals surface area (Å²) >= 11 is 0. The minimum Gasteiger partial charge on any atom is -0.495 e. The van der Waals surface area contributed by atoms with E-state index in [4.69, 9.17) is 4.74 Å². The zero-order chi connectivity index (χ0) is 14.8. The molecule has 21 heavy (non-hydrogen) atoms. The molecule has 0 N–H and O–H groups in total. The molecule has 1 aromatic carbocycles. The second-order valence-electron chi connectivity index (χ2n) is 5.80. The smallest absolute Gasteiger partial charge is 0.227 e. The van der Waals surface area contributed by atoms with Crippen molar-refractivity contribution in [1.82, 2.24) is 4.90 Å². The third-order valence-corrected chi connectivity index (χ3v) is 4.39. The van der Waals surface area contributed by atoms with Crippen LogP contribution in [0, 0.1) is 0 Å². The largest absolute Gasteiger partial charge is 0.495 e. The van der Waals surface area contributed by atoms with E-state index in [2.05, 4.69) is 22.9 Å². The van der Waals surface area contributed by atoms with Gasteiger partial charge in [-0.1, -0.05) is 0 Å². The fourth-order valence-corrected chi connectivity index (χ4v) is 3.06. The minimum absolute atomic E-state index is 0.226. The minimum atomic E-state index is 0.226. The fraction of sp³-hybridized carbons (Fsp3) is 0.562. The van der Waals surface area contributed by atoms with Crippen molar-refractivity contribution in [2.45, 2.75) is 12.8 Å². The first kappa shape index (κ1) is 14.2. The van der Waals surface area contributed by atoms with Crippen LogP contribution in [0.1, 0.15) is 12.8 Å². The van der Waals surface area contributed by atoms with Crippen LogP contribution in [-0.2, 0) is 4.79 Å². The van der Waals surface area contributed by atoms with E-state index in [0.717, 1.165) is 56.3 Å². The molecule has 2 aliphatic heterocycles. The molecular weight excluding hydrogens is 266 g/mol. The van der Waals surface area contributed by atoms with E-state index in [9.17, 15) is 4.79 Å². The molecule has 0 unspecified atom stereocenters. The highest BCUT2D eigenvalue weighted by Gasteiger charge is 2.24. The van der Waals surface area contributed by atoms with E-state index in [1.807, 2.05) is 17.0 Å². The Labute approximate surface area is 126 Å². The topological polar surface area (TPSA) is 36.0 Å². The Hall–Kier alpha value is -1.75. The third-order valence-electron chi connectivity index (χ3n) is 4.39. The number of carbonyl (C=O) groups excluding carboxylic acids is 1. The van der Waals surface area contributed by atoms with Crippen LogP contribution in [0.3, 0.4) is 0 Å². The number of rotatable bonds is 3. The maximum absolute atomic E-state index is 11.9. The number of likely N-dealkylation sites (N-methyl/N-ethyl adjacent to an activating group) is 1. The fourth-order valence-electron chi connectivity index (χ4n) is 3.06. The van der Waals surface area contributed by atoms with Crippen LogP contribution in [-0.4, -0.2) is 57.7 Å². The predicted octanol–water partition coefficient (Wildman–Crippen LogP) is 1.57. The average molecular weight is 289 g/mol. The van der Waals surface area contributed by atoms with Gasteiger partial charge in [0.25, 0.3) is 0 Å². The molecule has 3 rings (SSSR count). The number of methoxy groups -OCH3 is 1. The SMILES string of the molecule is COc1ccc(N2CCCC2=O)cc1N1CCN(C)CC1. The molecule has 2 aliphatic rings. The van der Waals surface area contributed by atoms with Crippen LogP contribution in [0.15, 0.2) is 18.2 Å². The molecule has 0 bridgehead atoms. The second kappa shape index (κ2) is 5.93. The zero-order valence-corrected chi connectivity index (χ0v) is 12.8. The summed E-state index contributed by atoms with van der Waals surface area (Å²) in [7, 11) is 3.85. The summed E-state index contributed by atoms with van der Waals surface area (Å²) in [5, 5.41) is 0. The molecule has 0 spiro atoms. The van der Waals surface area contributed by atoms with E-state index >= 15 is 0 Å². The molecule has 114 valence electrons. The van der Waals surface area contributed by atoms with Gasteiger partial charge in [0.05, 0.1) is 12.8 Å². The molecule has 1 amide bonds. The van der Waals surface area contributed by atoms with Crippen LogP contribution in [0.5, 0.6) is 5.75 Å². The summed E-state index contributed by atoms with van der Waals surface area (Å²) in [4.78, 5) is 18.5. The number of hydrogen-bond acceptors (Lipinski definition) is 4. The molecule has 5 nitrogen and oxygen atoms in total. The monoisotopic (exact) mass is 289 g/mol. The van der Waals surface area contributed by atoms with Crippen molar-refractivity contribution in [2.24, 2.45) is 0 Å². The van der Waals surface area contributed by atoms with Gasteiger partial charge in [-0.15, -0.1) is 0 Å². The van der Waals surface area contributed by atoms with Gasteiger partial charge in [0, 0.05) is 44.8 Å². The molecule has 5 heteroatoms. The average Bonchev–Trinajstić information content (AvgIpc) is 2.93. The highest BCUT2D eigenvalue weighted by molar-refractivity contribution is 5.96. The van der Waals surface area contributed by atoms with E-state index in [1.165, 1.54) is 0 Å². The van der Waals surface area contributed by atoms with E-state index in [0.29, 0.717) is 6.42 Å². The van der Waals surface area contributed by atoms with E-state index in [-0.39, 0.29) is 5.91 Å². The lowest BCUT2D eigenvalue weighted by molar-refractivity contribution is -0.117. The van der Waals surface area contributed by atoms with Crippen molar-refractivity contribution < 1.29 is 9.53 Å². The predicted molar refractivity (Wildman–Crippen MR) is 84.3 cm³/mol. The van der Waals surface area contributed by atoms with Gasteiger partial charge in [-0.05, 0) is 31.7 Å². The normalized spacial score (nSPS) is 20.2. The molecule has 0 aromatic heterocycles. The molecule has 0 atom stereocenters. The van der Waals surface area contributed by atoms with Crippen LogP contribution in [0.4, 0.5) is 11.4 Å². The number of benzene rings is 1. The summed E-state index contributed by atoms with van der Waals surface area (Å²) in [5.41, 5.74) is 2.09. The van der Waals surface area contributed by atoms with Gasteiger partial charge in [0.2, 0.25) is 5.91 Å². The van der Waals surface area contributed by atoms with Crippen molar-refractivity contribution in [3.63, 3.8) is 0 Å². The first-order chi connectivity index (χ1) is 10.2. The Morgan fingerprint density at radius 1 is 1.10 bits per heavy atom. The number of carbonyl (C=O) groups is 1. The Morgan fingerprint density at radius 3 is 2.48 bits per heavy atom. The summed E-state index contributed by atoms with van der Waals surface area (Å²) in [5.74, 6) is 1.11. The molecule has 0 aliphatic carbocycles. The van der Waals surface area contributed by atoms with E-state index < -0.39 is 0 Å². The second-order valence-corrected chi connectivity index (χ2v) is 5.80. The maximum atomic E-state index is 11.9. The van der Waals surface area contributed by atoms with Crippen molar-refractivity contribution in [3.8, 4) is 5.75 Å². The number of nitrogens with zero attached hydrogens (tertiary/aromatic N) is 3.